The lowest BCUT2D eigenvalue weighted by Crippen LogP contribution is -2.40. The van der Waals surface area contributed by atoms with Gasteiger partial charge in [-0.05, 0) is 18.9 Å². The van der Waals surface area contributed by atoms with Crippen LogP contribution >= 0.6 is 0 Å². The molecule has 0 saturated heterocycles. The van der Waals surface area contributed by atoms with Crippen molar-refractivity contribution in [3.63, 3.8) is 0 Å². The van der Waals surface area contributed by atoms with E-state index < -0.39 is 17.9 Å². The molecule has 0 unspecified atom stereocenters. The highest BCUT2D eigenvalue weighted by molar-refractivity contribution is 5.94. The molecule has 8 heteroatoms. The Labute approximate surface area is 122 Å². The average molecular weight is 296 g/mol. The van der Waals surface area contributed by atoms with Crippen LogP contribution in [0.25, 0.3) is 0 Å². The highest BCUT2D eigenvalue weighted by atomic mass is 16.4. The van der Waals surface area contributed by atoms with Crippen molar-refractivity contribution in [2.45, 2.75) is 32.1 Å². The zero-order chi connectivity index (χ0) is 15.7. The van der Waals surface area contributed by atoms with Crippen LogP contribution in [0.5, 0.6) is 0 Å². The normalized spacial score (nSPS) is 10.1. The van der Waals surface area contributed by atoms with Crippen molar-refractivity contribution in [3.8, 4) is 0 Å². The standard InChI is InChI=1S/C13H20N4O4/c1-17-9-7-10(16-17)6-8-14-13(21)15-11(18)4-2-3-5-12(19)20/h7,9H,2-6,8H2,1H3,(H,19,20)(H2,14,15,18,21). The Kier molecular flexibility index (Phi) is 6.93. The van der Waals surface area contributed by atoms with Crippen LogP contribution in [0, 0.1) is 0 Å². The lowest BCUT2D eigenvalue weighted by atomic mass is 10.2. The van der Waals surface area contributed by atoms with E-state index in [4.69, 9.17) is 5.11 Å². The molecule has 1 rings (SSSR count). The van der Waals surface area contributed by atoms with Gasteiger partial charge in [0.2, 0.25) is 5.91 Å². The Balaban J connectivity index is 2.09. The number of unbranched alkanes of at least 4 members (excludes halogenated alkanes) is 1. The maximum Gasteiger partial charge on any atom is 0.321 e. The second-order valence-corrected chi connectivity index (χ2v) is 4.64. The van der Waals surface area contributed by atoms with E-state index >= 15 is 0 Å². The summed E-state index contributed by atoms with van der Waals surface area (Å²) in [6, 6.07) is 1.31. The molecule has 0 radical (unpaired) electrons. The Morgan fingerprint density at radius 1 is 1.29 bits per heavy atom. The third kappa shape index (κ3) is 7.71. The molecule has 3 N–H and O–H groups in total. The van der Waals surface area contributed by atoms with Gasteiger partial charge in [0.25, 0.3) is 0 Å². The summed E-state index contributed by atoms with van der Waals surface area (Å²) in [6.45, 7) is 0.384. The van der Waals surface area contributed by atoms with Crippen molar-refractivity contribution in [1.29, 1.82) is 0 Å². The second kappa shape index (κ2) is 8.72. The van der Waals surface area contributed by atoms with Gasteiger partial charge in [0.15, 0.2) is 0 Å². The predicted molar refractivity (Wildman–Crippen MR) is 74.6 cm³/mol. The molecule has 0 bridgehead atoms. The number of urea groups is 1. The number of imide groups is 1. The van der Waals surface area contributed by atoms with Gasteiger partial charge in [0.1, 0.15) is 0 Å². The summed E-state index contributed by atoms with van der Waals surface area (Å²) in [5.41, 5.74) is 0.859. The number of carboxylic acids is 1. The molecule has 1 heterocycles. The molecular formula is C13H20N4O4. The van der Waals surface area contributed by atoms with Gasteiger partial charge >= 0.3 is 12.0 Å². The van der Waals surface area contributed by atoms with E-state index in [1.165, 1.54) is 0 Å². The summed E-state index contributed by atoms with van der Waals surface area (Å²) in [4.78, 5) is 33.1. The van der Waals surface area contributed by atoms with Gasteiger partial charge in [-0.1, -0.05) is 0 Å². The molecule has 116 valence electrons. The molecule has 0 aliphatic carbocycles. The fourth-order valence-corrected chi connectivity index (χ4v) is 1.70. The highest BCUT2D eigenvalue weighted by Gasteiger charge is 2.07. The maximum atomic E-state index is 11.4. The highest BCUT2D eigenvalue weighted by Crippen LogP contribution is 1.99. The van der Waals surface area contributed by atoms with Crippen LogP contribution in [0.3, 0.4) is 0 Å². The molecule has 3 amide bonds. The monoisotopic (exact) mass is 296 g/mol. The SMILES string of the molecule is Cn1ccc(CCNC(=O)NC(=O)CCCCC(=O)O)n1. The first kappa shape index (κ1) is 16.7. The number of hydrogen-bond donors (Lipinski definition) is 3. The van der Waals surface area contributed by atoms with Gasteiger partial charge in [0.05, 0.1) is 5.69 Å². The molecule has 1 aromatic heterocycles. The zero-order valence-corrected chi connectivity index (χ0v) is 12.0. The topological polar surface area (TPSA) is 113 Å². The third-order valence-corrected chi connectivity index (χ3v) is 2.73. The second-order valence-electron chi connectivity index (χ2n) is 4.64. The summed E-state index contributed by atoms with van der Waals surface area (Å²) in [5, 5.41) is 17.4. The molecule has 0 saturated carbocycles. The van der Waals surface area contributed by atoms with E-state index in [0.29, 0.717) is 25.8 Å². The molecule has 8 nitrogen and oxygen atoms in total. The van der Waals surface area contributed by atoms with E-state index in [9.17, 15) is 14.4 Å². The minimum atomic E-state index is -0.886. The average Bonchev–Trinajstić information content (AvgIpc) is 2.80. The van der Waals surface area contributed by atoms with Crippen molar-refractivity contribution in [3.05, 3.63) is 18.0 Å². The molecule has 0 fully saturated rings. The lowest BCUT2D eigenvalue weighted by molar-refractivity contribution is -0.137. The molecule has 0 aromatic carbocycles. The molecular weight excluding hydrogens is 276 g/mol. The van der Waals surface area contributed by atoms with Crippen molar-refractivity contribution >= 4 is 17.9 Å². The summed E-state index contributed by atoms with van der Waals surface area (Å²) < 4.78 is 1.68. The van der Waals surface area contributed by atoms with Crippen LogP contribution in [0.2, 0.25) is 0 Å². The quantitative estimate of drug-likeness (QED) is 0.602. The molecule has 21 heavy (non-hydrogen) atoms. The summed E-state index contributed by atoms with van der Waals surface area (Å²) in [6.07, 6.45) is 3.44. The van der Waals surface area contributed by atoms with Crippen LogP contribution < -0.4 is 10.6 Å². The molecule has 0 aliphatic rings. The number of carbonyl (C=O) groups excluding carboxylic acids is 2. The number of aliphatic carboxylic acids is 1. The van der Waals surface area contributed by atoms with Gasteiger partial charge in [-0.2, -0.15) is 5.10 Å². The fraction of sp³-hybridized carbons (Fsp3) is 0.538. The third-order valence-electron chi connectivity index (χ3n) is 2.73. The molecule has 0 aliphatic heterocycles. The van der Waals surface area contributed by atoms with Crippen LogP contribution in [-0.2, 0) is 23.1 Å². The van der Waals surface area contributed by atoms with Crippen molar-refractivity contribution in [2.24, 2.45) is 7.05 Å². The summed E-state index contributed by atoms with van der Waals surface area (Å²) in [7, 11) is 1.81. The van der Waals surface area contributed by atoms with Crippen LogP contribution in [0.15, 0.2) is 12.3 Å². The van der Waals surface area contributed by atoms with Crippen LogP contribution in [0.4, 0.5) is 4.79 Å². The Morgan fingerprint density at radius 3 is 2.62 bits per heavy atom. The molecule has 0 atom stereocenters. The van der Waals surface area contributed by atoms with E-state index in [1.54, 1.807) is 4.68 Å². The van der Waals surface area contributed by atoms with Crippen LogP contribution in [-0.4, -0.2) is 39.3 Å². The Bertz CT molecular complexity index is 498. The summed E-state index contributed by atoms with van der Waals surface area (Å²) >= 11 is 0. The number of aryl methyl sites for hydroxylation is 1. The number of carboxylic acid groups (broad SMARTS) is 1. The molecule has 1 aromatic rings. The number of carbonyl (C=O) groups is 3. The Morgan fingerprint density at radius 2 is 2.00 bits per heavy atom. The first-order chi connectivity index (χ1) is 9.97. The number of hydrogen-bond acceptors (Lipinski definition) is 4. The van der Waals surface area contributed by atoms with Crippen molar-refractivity contribution in [2.75, 3.05) is 6.54 Å². The predicted octanol–water partition coefficient (Wildman–Crippen LogP) is 0.433. The largest absolute Gasteiger partial charge is 0.481 e. The van der Waals surface area contributed by atoms with Crippen molar-refractivity contribution in [1.82, 2.24) is 20.4 Å². The first-order valence-corrected chi connectivity index (χ1v) is 6.75. The summed E-state index contributed by atoms with van der Waals surface area (Å²) in [5.74, 6) is -1.29. The van der Waals surface area contributed by atoms with E-state index in [-0.39, 0.29) is 12.8 Å². The van der Waals surface area contributed by atoms with E-state index in [2.05, 4.69) is 15.7 Å². The number of rotatable bonds is 8. The number of nitrogens with one attached hydrogen (secondary N) is 2. The van der Waals surface area contributed by atoms with Gasteiger partial charge in [-0.15, -0.1) is 0 Å². The maximum absolute atomic E-state index is 11.4. The number of amides is 3. The van der Waals surface area contributed by atoms with E-state index in [1.807, 2.05) is 19.3 Å². The van der Waals surface area contributed by atoms with Gasteiger partial charge in [0, 0.05) is 39.1 Å². The molecule has 0 spiro atoms. The fourth-order valence-electron chi connectivity index (χ4n) is 1.70. The van der Waals surface area contributed by atoms with Crippen LogP contribution in [0.1, 0.15) is 31.4 Å². The zero-order valence-electron chi connectivity index (χ0n) is 12.0. The minimum Gasteiger partial charge on any atom is -0.481 e. The van der Waals surface area contributed by atoms with Crippen molar-refractivity contribution < 1.29 is 19.5 Å². The van der Waals surface area contributed by atoms with Gasteiger partial charge in [-0.3, -0.25) is 19.6 Å². The van der Waals surface area contributed by atoms with E-state index in [0.717, 1.165) is 5.69 Å². The van der Waals surface area contributed by atoms with Gasteiger partial charge < -0.3 is 10.4 Å². The number of nitrogens with zero attached hydrogens (tertiary/aromatic N) is 2. The minimum absolute atomic E-state index is 0.0313. The Hall–Kier alpha value is -2.38. The van der Waals surface area contributed by atoms with Gasteiger partial charge in [-0.25, -0.2) is 4.79 Å². The smallest absolute Gasteiger partial charge is 0.321 e. The first-order valence-electron chi connectivity index (χ1n) is 6.75. The lowest BCUT2D eigenvalue weighted by Gasteiger charge is -2.05. The number of aromatic nitrogens is 2.